The standard InChI is InChI=1S/C62H38N6O/c1-2-10-39(11-3-1)42-12-8-13-48(36-42)68-55-17-6-7-18-57(55)69-61-56(68)22-20-51-58(61)49-14-4-5-15-50(49)62(51)52-16-9-27-66-59(52)60-53(62)19-21-54(67-60)47-35-46(37-65-38-47)45-33-43(40-23-28-63-29-24-40)32-44(34-45)41-25-30-64-31-26-41/h1-38H. The van der Waals surface area contributed by atoms with Crippen LogP contribution in [0.2, 0.25) is 0 Å². The van der Waals surface area contributed by atoms with Crippen molar-refractivity contribution in [2.45, 2.75) is 5.41 Å². The molecule has 2 aliphatic carbocycles. The van der Waals surface area contributed by atoms with Crippen LogP contribution >= 0.6 is 0 Å². The summed E-state index contributed by atoms with van der Waals surface area (Å²) >= 11 is 0. The molecule has 7 nitrogen and oxygen atoms in total. The smallest absolute Gasteiger partial charge is 0.159 e. The van der Waals surface area contributed by atoms with E-state index in [1.54, 1.807) is 0 Å². The van der Waals surface area contributed by atoms with Crippen LogP contribution in [0, 0.1) is 0 Å². The number of para-hydroxylation sites is 2. The van der Waals surface area contributed by atoms with Crippen LogP contribution in [0.5, 0.6) is 11.5 Å². The van der Waals surface area contributed by atoms with Gasteiger partial charge >= 0.3 is 0 Å². The van der Waals surface area contributed by atoms with Gasteiger partial charge in [-0.1, -0.05) is 97.1 Å². The molecule has 0 amide bonds. The van der Waals surface area contributed by atoms with E-state index in [1.807, 2.05) is 79.8 Å². The molecular weight excluding hydrogens is 845 g/mol. The van der Waals surface area contributed by atoms with Crippen molar-refractivity contribution in [3.63, 3.8) is 0 Å². The minimum absolute atomic E-state index is 0.694. The first-order chi connectivity index (χ1) is 34.2. The number of benzene rings is 6. The highest BCUT2D eigenvalue weighted by Crippen LogP contribution is 2.66. The Balaban J connectivity index is 0.921. The topological polar surface area (TPSA) is 76.9 Å². The SMILES string of the molecule is c1ccc(-c2cccc(N3c4ccccc4Oc4c3ccc3c4-c4ccccc4C34c3cccnc3-c3nc(-c5cncc(-c6cc(-c7ccncc7)cc(-c7ccncc7)c6)c5)ccc34)c2)cc1. The Hall–Kier alpha value is -9.33. The monoisotopic (exact) mass is 882 g/mol. The van der Waals surface area contributed by atoms with Crippen LogP contribution in [0.25, 0.3) is 78.3 Å². The van der Waals surface area contributed by atoms with E-state index in [9.17, 15) is 0 Å². The first kappa shape index (κ1) is 38.9. The van der Waals surface area contributed by atoms with Crippen LogP contribution in [-0.2, 0) is 5.41 Å². The molecule has 322 valence electrons. The number of pyridine rings is 5. The molecule has 0 saturated carbocycles. The van der Waals surface area contributed by atoms with E-state index in [2.05, 4.69) is 167 Å². The molecule has 0 saturated heterocycles. The van der Waals surface area contributed by atoms with Crippen molar-refractivity contribution in [1.29, 1.82) is 0 Å². The van der Waals surface area contributed by atoms with Gasteiger partial charge in [-0.05, 0) is 158 Å². The molecule has 11 aromatic rings. The number of hydrogen-bond donors (Lipinski definition) is 0. The summed E-state index contributed by atoms with van der Waals surface area (Å²) in [6.07, 6.45) is 13.0. The van der Waals surface area contributed by atoms with Crippen LogP contribution in [0.3, 0.4) is 0 Å². The molecule has 7 heteroatoms. The normalized spacial score (nSPS) is 14.5. The highest BCUT2D eigenvalue weighted by molar-refractivity contribution is 6.01. The Morgan fingerprint density at radius 1 is 0.391 bits per heavy atom. The fraction of sp³-hybridized carbons (Fsp3) is 0.0161. The molecule has 1 unspecified atom stereocenters. The molecule has 5 aromatic heterocycles. The Kier molecular flexibility index (Phi) is 8.66. The predicted octanol–water partition coefficient (Wildman–Crippen LogP) is 14.9. The largest absolute Gasteiger partial charge is 0.452 e. The summed E-state index contributed by atoms with van der Waals surface area (Å²) in [6.45, 7) is 0. The zero-order valence-electron chi connectivity index (χ0n) is 37.0. The van der Waals surface area contributed by atoms with Crippen molar-refractivity contribution < 1.29 is 4.74 Å². The number of fused-ring (bicyclic) bond motifs is 13. The van der Waals surface area contributed by atoms with Crippen LogP contribution < -0.4 is 9.64 Å². The van der Waals surface area contributed by atoms with E-state index >= 15 is 0 Å². The molecule has 6 aromatic carbocycles. The lowest BCUT2D eigenvalue weighted by Gasteiger charge is -2.35. The lowest BCUT2D eigenvalue weighted by molar-refractivity contribution is 0.478. The first-order valence-corrected chi connectivity index (χ1v) is 23.1. The first-order valence-electron chi connectivity index (χ1n) is 23.1. The summed E-state index contributed by atoms with van der Waals surface area (Å²) in [5.41, 5.74) is 21.2. The molecule has 6 heterocycles. The summed E-state index contributed by atoms with van der Waals surface area (Å²) < 4.78 is 7.13. The molecule has 0 fully saturated rings. The quantitative estimate of drug-likeness (QED) is 0.165. The highest BCUT2D eigenvalue weighted by Gasteiger charge is 2.54. The summed E-state index contributed by atoms with van der Waals surface area (Å²) in [4.78, 5) is 26.4. The van der Waals surface area contributed by atoms with E-state index in [4.69, 9.17) is 19.7 Å². The third-order valence-electron chi connectivity index (χ3n) is 14.0. The van der Waals surface area contributed by atoms with Crippen molar-refractivity contribution in [1.82, 2.24) is 24.9 Å². The molecule has 0 N–H and O–H groups in total. The molecule has 14 rings (SSSR count). The number of rotatable bonds is 6. The van der Waals surface area contributed by atoms with Gasteiger partial charge in [0.1, 0.15) is 0 Å². The van der Waals surface area contributed by atoms with Gasteiger partial charge < -0.3 is 9.64 Å². The summed E-state index contributed by atoms with van der Waals surface area (Å²) in [5.74, 6) is 1.63. The Labute approximate surface area is 398 Å². The number of anilines is 3. The summed E-state index contributed by atoms with van der Waals surface area (Å²) in [5, 5.41) is 0. The van der Waals surface area contributed by atoms with E-state index in [0.717, 1.165) is 118 Å². The van der Waals surface area contributed by atoms with Crippen molar-refractivity contribution in [2.24, 2.45) is 0 Å². The fourth-order valence-corrected chi connectivity index (χ4v) is 11.0. The minimum Gasteiger partial charge on any atom is -0.452 e. The summed E-state index contributed by atoms with van der Waals surface area (Å²) in [6, 6.07) is 66.7. The fourth-order valence-electron chi connectivity index (χ4n) is 11.0. The van der Waals surface area contributed by atoms with Gasteiger partial charge in [-0.2, -0.15) is 0 Å². The van der Waals surface area contributed by atoms with Crippen LogP contribution in [-0.4, -0.2) is 24.9 Å². The van der Waals surface area contributed by atoms with E-state index in [0.29, 0.717) is 0 Å². The van der Waals surface area contributed by atoms with Gasteiger partial charge in [0.15, 0.2) is 11.5 Å². The third kappa shape index (κ3) is 5.97. The lowest BCUT2D eigenvalue weighted by atomic mass is 9.71. The number of aromatic nitrogens is 5. The van der Waals surface area contributed by atoms with Crippen LogP contribution in [0.15, 0.2) is 231 Å². The maximum Gasteiger partial charge on any atom is 0.159 e. The van der Waals surface area contributed by atoms with Gasteiger partial charge in [0.2, 0.25) is 0 Å². The van der Waals surface area contributed by atoms with Crippen molar-refractivity contribution in [3.8, 4) is 89.8 Å². The molecular formula is C62H38N6O. The van der Waals surface area contributed by atoms with Gasteiger partial charge in [0.25, 0.3) is 0 Å². The molecule has 69 heavy (non-hydrogen) atoms. The number of hydrogen-bond acceptors (Lipinski definition) is 7. The van der Waals surface area contributed by atoms with Crippen molar-refractivity contribution >= 4 is 17.1 Å². The Bertz CT molecular complexity index is 3780. The maximum absolute atomic E-state index is 7.13. The molecule has 0 bridgehead atoms. The molecule has 1 aliphatic heterocycles. The van der Waals surface area contributed by atoms with E-state index in [1.165, 1.54) is 11.1 Å². The average molecular weight is 883 g/mol. The zero-order valence-corrected chi connectivity index (χ0v) is 37.0. The van der Waals surface area contributed by atoms with Gasteiger partial charge in [-0.25, -0.2) is 4.98 Å². The van der Waals surface area contributed by atoms with Gasteiger partial charge in [0.05, 0.1) is 33.9 Å². The van der Waals surface area contributed by atoms with Crippen LogP contribution in [0.1, 0.15) is 22.3 Å². The Morgan fingerprint density at radius 3 is 1.84 bits per heavy atom. The highest BCUT2D eigenvalue weighted by atomic mass is 16.5. The van der Waals surface area contributed by atoms with Gasteiger partial charge in [-0.3, -0.25) is 19.9 Å². The molecule has 1 spiro atoms. The summed E-state index contributed by atoms with van der Waals surface area (Å²) in [7, 11) is 0. The van der Waals surface area contributed by atoms with E-state index in [-0.39, 0.29) is 0 Å². The predicted molar refractivity (Wildman–Crippen MR) is 274 cm³/mol. The van der Waals surface area contributed by atoms with Crippen molar-refractivity contribution in [3.05, 3.63) is 254 Å². The molecule has 1 atom stereocenters. The van der Waals surface area contributed by atoms with Gasteiger partial charge in [0, 0.05) is 65.8 Å². The molecule has 0 radical (unpaired) electrons. The second kappa shape index (κ2) is 15.4. The maximum atomic E-state index is 7.13. The second-order valence-corrected chi connectivity index (χ2v) is 17.7. The van der Waals surface area contributed by atoms with E-state index < -0.39 is 5.41 Å². The third-order valence-corrected chi connectivity index (χ3v) is 14.0. The lowest BCUT2D eigenvalue weighted by Crippen LogP contribution is -2.26. The number of ether oxygens (including phenoxy) is 1. The van der Waals surface area contributed by atoms with Crippen LogP contribution in [0.4, 0.5) is 17.1 Å². The zero-order chi connectivity index (χ0) is 45.5. The molecule has 3 aliphatic rings. The minimum atomic E-state index is -0.694. The second-order valence-electron chi connectivity index (χ2n) is 17.7. The Morgan fingerprint density at radius 2 is 1.03 bits per heavy atom. The van der Waals surface area contributed by atoms with Gasteiger partial charge in [-0.15, -0.1) is 0 Å². The number of nitrogens with zero attached hydrogens (tertiary/aromatic N) is 6. The van der Waals surface area contributed by atoms with Crippen molar-refractivity contribution in [2.75, 3.05) is 4.90 Å². The average Bonchev–Trinajstić information content (AvgIpc) is 3.90.